The van der Waals surface area contributed by atoms with Crippen molar-refractivity contribution < 1.29 is 31.9 Å². The van der Waals surface area contributed by atoms with E-state index in [4.69, 9.17) is 4.74 Å². The zero-order chi connectivity index (χ0) is 27.6. The van der Waals surface area contributed by atoms with Crippen LogP contribution in [0.4, 0.5) is 23.2 Å². The molecule has 4 nitrogen and oxygen atoms in total. The minimum Gasteiger partial charge on any atom is -0.460 e. The van der Waals surface area contributed by atoms with Crippen LogP contribution < -0.4 is 5.32 Å². The molecule has 0 bridgehead atoms. The predicted molar refractivity (Wildman–Crippen MR) is 135 cm³/mol. The lowest BCUT2D eigenvalue weighted by molar-refractivity contribution is -0.178. The maximum absolute atomic E-state index is 14.7. The van der Waals surface area contributed by atoms with E-state index in [1.165, 1.54) is 24.3 Å². The molecule has 0 aliphatic heterocycles. The zero-order valence-corrected chi connectivity index (χ0v) is 21.5. The summed E-state index contributed by atoms with van der Waals surface area (Å²) in [4.78, 5) is 26.0. The Morgan fingerprint density at radius 3 is 2.22 bits per heavy atom. The fraction of sp³-hybridized carbons (Fsp3) is 0.448. The predicted octanol–water partition coefficient (Wildman–Crippen LogP) is 7.44. The molecule has 1 aliphatic rings. The second-order valence-corrected chi connectivity index (χ2v) is 10.8. The summed E-state index contributed by atoms with van der Waals surface area (Å²) in [5.41, 5.74) is -0.206. The van der Waals surface area contributed by atoms with Gasteiger partial charge in [-0.1, -0.05) is 56.3 Å². The van der Waals surface area contributed by atoms with Gasteiger partial charge < -0.3 is 10.1 Å². The summed E-state index contributed by atoms with van der Waals surface area (Å²) >= 11 is 0. The molecule has 0 heterocycles. The Labute approximate surface area is 215 Å². The Balaban J connectivity index is 1.87. The molecular weight excluding hydrogens is 486 g/mol. The van der Waals surface area contributed by atoms with E-state index in [1.54, 1.807) is 39.0 Å². The minimum absolute atomic E-state index is 0.155. The van der Waals surface area contributed by atoms with E-state index in [-0.39, 0.29) is 23.6 Å². The number of esters is 1. The van der Waals surface area contributed by atoms with Crippen molar-refractivity contribution in [2.45, 2.75) is 71.1 Å². The van der Waals surface area contributed by atoms with E-state index in [9.17, 15) is 27.2 Å². The third-order valence-electron chi connectivity index (χ3n) is 6.80. The van der Waals surface area contributed by atoms with Crippen LogP contribution in [0.15, 0.2) is 49.0 Å². The number of hydrogen-bond acceptors (Lipinski definition) is 3. The highest BCUT2D eigenvalue weighted by Crippen LogP contribution is 2.46. The van der Waals surface area contributed by atoms with Crippen LogP contribution in [0.2, 0.25) is 0 Å². The van der Waals surface area contributed by atoms with E-state index in [0.29, 0.717) is 24.0 Å². The number of carbonyl (C=O) groups is 2. The summed E-state index contributed by atoms with van der Waals surface area (Å²) in [7, 11) is 0. The lowest BCUT2D eigenvalue weighted by atomic mass is 9.65. The number of hydrogen-bond donors (Lipinski definition) is 1. The third-order valence-corrected chi connectivity index (χ3v) is 6.80. The van der Waals surface area contributed by atoms with Crippen molar-refractivity contribution in [1.82, 2.24) is 0 Å². The number of nitrogens with one attached hydrogen (secondary N) is 1. The van der Waals surface area contributed by atoms with Gasteiger partial charge >= 0.3 is 12.1 Å². The van der Waals surface area contributed by atoms with Crippen molar-refractivity contribution >= 4 is 23.6 Å². The number of benzene rings is 2. The Kier molecular flexibility index (Phi) is 8.20. The third kappa shape index (κ3) is 6.79. The number of ether oxygens (including phenoxy) is 1. The number of halogens is 4. The van der Waals surface area contributed by atoms with Gasteiger partial charge in [0.15, 0.2) is 0 Å². The van der Waals surface area contributed by atoms with E-state index in [0.717, 1.165) is 19.4 Å². The summed E-state index contributed by atoms with van der Waals surface area (Å²) in [6.07, 6.45) is -0.746. The Morgan fingerprint density at radius 2 is 1.73 bits per heavy atom. The Bertz CT molecular complexity index is 1150. The van der Waals surface area contributed by atoms with Gasteiger partial charge in [0.25, 0.3) is 0 Å². The molecule has 0 aromatic heterocycles. The maximum atomic E-state index is 14.7. The molecule has 0 radical (unpaired) electrons. The van der Waals surface area contributed by atoms with E-state index >= 15 is 0 Å². The van der Waals surface area contributed by atoms with Gasteiger partial charge in [-0.05, 0) is 68.9 Å². The van der Waals surface area contributed by atoms with Crippen molar-refractivity contribution in [3.63, 3.8) is 0 Å². The van der Waals surface area contributed by atoms with Gasteiger partial charge in [0.05, 0.1) is 22.9 Å². The summed E-state index contributed by atoms with van der Waals surface area (Å²) in [5, 5.41) is 2.37. The molecule has 0 spiro atoms. The molecule has 200 valence electrons. The first-order valence-corrected chi connectivity index (χ1v) is 12.3. The van der Waals surface area contributed by atoms with Crippen LogP contribution in [0.25, 0.3) is 6.08 Å². The first kappa shape index (κ1) is 28.4. The number of carbonyl (C=O) groups excluding carboxylic acids is 2. The van der Waals surface area contributed by atoms with Crippen molar-refractivity contribution in [2.24, 2.45) is 11.3 Å². The average molecular weight is 520 g/mol. The molecule has 1 N–H and O–H groups in total. The lowest BCUT2D eigenvalue weighted by Crippen LogP contribution is -2.44. The molecule has 1 fully saturated rings. The van der Waals surface area contributed by atoms with Gasteiger partial charge in [0, 0.05) is 0 Å². The van der Waals surface area contributed by atoms with Crippen LogP contribution in [0.5, 0.6) is 0 Å². The van der Waals surface area contributed by atoms with E-state index in [1.807, 2.05) is 0 Å². The molecule has 0 unspecified atom stereocenters. The van der Waals surface area contributed by atoms with E-state index in [2.05, 4.69) is 11.9 Å². The highest BCUT2D eigenvalue weighted by atomic mass is 19.4. The number of alkyl halides is 3. The number of rotatable bonds is 8. The first-order chi connectivity index (χ1) is 17.1. The second-order valence-electron chi connectivity index (χ2n) is 10.8. The lowest BCUT2D eigenvalue weighted by Gasteiger charge is -2.41. The molecule has 1 aliphatic carbocycles. The van der Waals surface area contributed by atoms with Gasteiger partial charge in [-0.3, -0.25) is 9.59 Å². The molecule has 0 saturated heterocycles. The fourth-order valence-electron chi connectivity index (χ4n) is 4.52. The van der Waals surface area contributed by atoms with Crippen LogP contribution in [-0.2, 0) is 20.7 Å². The van der Waals surface area contributed by atoms with Crippen LogP contribution in [0, 0.1) is 17.2 Å². The summed E-state index contributed by atoms with van der Waals surface area (Å²) in [6.45, 7) is 9.90. The summed E-state index contributed by atoms with van der Waals surface area (Å²) < 4.78 is 61.3. The van der Waals surface area contributed by atoms with Crippen molar-refractivity contribution in [3.05, 3.63) is 71.6 Å². The number of anilines is 1. The largest absolute Gasteiger partial charge is 0.460 e. The Hall–Kier alpha value is -3.16. The SMILES string of the molecule is C=Cc1ccc([C@@H](C(=O)Nc2cc(CC3(C(=O)OC(C)(C)C)CCC3)ccc2F)[C@@H](C)C(F)(F)F)cc1. The monoisotopic (exact) mass is 519 g/mol. The Morgan fingerprint density at radius 1 is 1.11 bits per heavy atom. The molecule has 37 heavy (non-hydrogen) atoms. The highest BCUT2D eigenvalue weighted by Gasteiger charge is 2.47. The van der Waals surface area contributed by atoms with E-state index < -0.39 is 40.8 Å². The molecular formula is C29H33F4NO3. The van der Waals surface area contributed by atoms with Crippen LogP contribution in [-0.4, -0.2) is 23.7 Å². The number of amides is 1. The zero-order valence-electron chi connectivity index (χ0n) is 21.5. The van der Waals surface area contributed by atoms with Crippen molar-refractivity contribution in [3.8, 4) is 0 Å². The van der Waals surface area contributed by atoms with Gasteiger partial charge in [-0.15, -0.1) is 0 Å². The normalized spacial score (nSPS) is 16.8. The quantitative estimate of drug-likeness (QED) is 0.291. The smallest absolute Gasteiger partial charge is 0.392 e. The van der Waals surface area contributed by atoms with Crippen LogP contribution in [0.1, 0.15) is 69.6 Å². The topological polar surface area (TPSA) is 55.4 Å². The molecule has 1 amide bonds. The fourth-order valence-corrected chi connectivity index (χ4v) is 4.52. The molecule has 3 rings (SSSR count). The van der Waals surface area contributed by atoms with Gasteiger partial charge in [-0.25, -0.2) is 4.39 Å². The van der Waals surface area contributed by atoms with Crippen LogP contribution in [0.3, 0.4) is 0 Å². The van der Waals surface area contributed by atoms with Crippen LogP contribution >= 0.6 is 0 Å². The molecule has 8 heteroatoms. The van der Waals surface area contributed by atoms with Gasteiger partial charge in [0.2, 0.25) is 5.91 Å². The summed E-state index contributed by atoms with van der Waals surface area (Å²) in [5.74, 6) is -5.70. The molecule has 2 atom stereocenters. The molecule has 2 aromatic rings. The maximum Gasteiger partial charge on any atom is 0.392 e. The molecule has 1 saturated carbocycles. The molecule has 2 aromatic carbocycles. The van der Waals surface area contributed by atoms with Crippen molar-refractivity contribution in [1.29, 1.82) is 0 Å². The standard InChI is InChI=1S/C29H33F4NO3/c1-6-19-8-11-21(12-9-19)24(18(2)29(31,32)33)25(35)34-23-16-20(10-13-22(23)30)17-28(14-7-15-28)26(36)37-27(3,4)5/h6,8-13,16,18,24H,1,7,14-15,17H2,2-5H3,(H,34,35)/t18-,24+/m1/s1. The second kappa shape index (κ2) is 10.7. The van der Waals surface area contributed by atoms with Gasteiger partial charge in [0.1, 0.15) is 11.4 Å². The minimum atomic E-state index is -4.65. The average Bonchev–Trinajstić information content (AvgIpc) is 2.77. The highest BCUT2D eigenvalue weighted by molar-refractivity contribution is 5.96. The van der Waals surface area contributed by atoms with Crippen molar-refractivity contribution in [2.75, 3.05) is 5.32 Å². The first-order valence-electron chi connectivity index (χ1n) is 12.3. The summed E-state index contributed by atoms with van der Waals surface area (Å²) in [6, 6.07) is 10.1. The van der Waals surface area contributed by atoms with Gasteiger partial charge in [-0.2, -0.15) is 13.2 Å².